The van der Waals surface area contributed by atoms with E-state index in [9.17, 15) is 0 Å². The van der Waals surface area contributed by atoms with E-state index >= 15 is 0 Å². The lowest BCUT2D eigenvalue weighted by atomic mass is 10.2. The smallest absolute Gasteiger partial charge is 0.222 e. The summed E-state index contributed by atoms with van der Waals surface area (Å²) in [6.07, 6.45) is 6.57. The van der Waals surface area contributed by atoms with Gasteiger partial charge in [-0.25, -0.2) is 9.97 Å². The number of nitrogens with zero attached hydrogens (tertiary/aromatic N) is 4. The van der Waals surface area contributed by atoms with Crippen molar-refractivity contribution in [2.75, 3.05) is 0 Å². The highest BCUT2D eigenvalue weighted by Gasteiger charge is 2.07. The minimum atomic E-state index is 0.267. The lowest BCUT2D eigenvalue weighted by Crippen LogP contribution is -1.95. The molecule has 84 valence electrons. The molecular formula is C11H13ClN4. The molecule has 16 heavy (non-hydrogen) atoms. The standard InChI is InChI=1S/C11H13ClN4/c1-3-4-16-7-9(6-14-16)10-8(2)5-13-11(12)15-10/h5-7H,3-4H2,1-2H3. The van der Waals surface area contributed by atoms with Gasteiger partial charge in [0.15, 0.2) is 0 Å². The Hall–Kier alpha value is -1.42. The Morgan fingerprint density at radius 1 is 1.38 bits per heavy atom. The fraction of sp³-hybridized carbons (Fsp3) is 0.364. The third-order valence-corrected chi connectivity index (χ3v) is 2.48. The predicted octanol–water partition coefficient (Wildman–Crippen LogP) is 2.71. The minimum absolute atomic E-state index is 0.267. The van der Waals surface area contributed by atoms with E-state index in [2.05, 4.69) is 22.0 Å². The highest BCUT2D eigenvalue weighted by molar-refractivity contribution is 6.28. The molecule has 0 aliphatic rings. The number of aromatic nitrogens is 4. The fourth-order valence-electron chi connectivity index (χ4n) is 1.55. The minimum Gasteiger partial charge on any atom is -0.272 e. The molecule has 4 nitrogen and oxygen atoms in total. The molecule has 2 heterocycles. The Balaban J connectivity index is 2.38. The summed E-state index contributed by atoms with van der Waals surface area (Å²) < 4.78 is 1.91. The van der Waals surface area contributed by atoms with Crippen LogP contribution in [-0.4, -0.2) is 19.7 Å². The normalized spacial score (nSPS) is 10.7. The SMILES string of the molecule is CCCn1cc(-c2nc(Cl)ncc2C)cn1. The topological polar surface area (TPSA) is 43.6 Å². The summed E-state index contributed by atoms with van der Waals surface area (Å²) in [6, 6.07) is 0. The second-order valence-electron chi connectivity index (χ2n) is 3.66. The van der Waals surface area contributed by atoms with Crippen LogP contribution in [0.2, 0.25) is 5.28 Å². The Kier molecular flexibility index (Phi) is 3.19. The molecule has 5 heteroatoms. The molecule has 0 N–H and O–H groups in total. The van der Waals surface area contributed by atoms with Crippen molar-refractivity contribution >= 4 is 11.6 Å². The average Bonchev–Trinajstić information content (AvgIpc) is 2.71. The lowest BCUT2D eigenvalue weighted by Gasteiger charge is -2.01. The number of halogens is 1. The molecule has 0 aliphatic heterocycles. The van der Waals surface area contributed by atoms with E-state index in [0.717, 1.165) is 29.8 Å². The summed E-state index contributed by atoms with van der Waals surface area (Å²) in [5.41, 5.74) is 2.83. The van der Waals surface area contributed by atoms with Crippen molar-refractivity contribution < 1.29 is 0 Å². The van der Waals surface area contributed by atoms with E-state index < -0.39 is 0 Å². The average molecular weight is 237 g/mol. The van der Waals surface area contributed by atoms with Crippen LogP contribution >= 0.6 is 11.6 Å². The fourth-order valence-corrected chi connectivity index (χ4v) is 1.68. The number of hydrogen-bond acceptors (Lipinski definition) is 3. The molecule has 0 radical (unpaired) electrons. The molecule has 0 aliphatic carbocycles. The molecule has 0 amide bonds. The maximum atomic E-state index is 5.79. The van der Waals surface area contributed by atoms with Gasteiger partial charge in [0.25, 0.3) is 0 Å². The van der Waals surface area contributed by atoms with Crippen molar-refractivity contribution in [3.8, 4) is 11.3 Å². The first-order chi connectivity index (χ1) is 7.70. The van der Waals surface area contributed by atoms with Crippen LogP contribution in [0.25, 0.3) is 11.3 Å². The van der Waals surface area contributed by atoms with E-state index in [4.69, 9.17) is 11.6 Å². The quantitative estimate of drug-likeness (QED) is 0.770. The van der Waals surface area contributed by atoms with Gasteiger partial charge in [-0.1, -0.05) is 6.92 Å². The summed E-state index contributed by atoms with van der Waals surface area (Å²) in [5, 5.41) is 4.53. The van der Waals surface area contributed by atoms with E-state index in [-0.39, 0.29) is 5.28 Å². The first-order valence-electron chi connectivity index (χ1n) is 5.22. The summed E-state index contributed by atoms with van der Waals surface area (Å²) in [5.74, 6) is 0. The van der Waals surface area contributed by atoms with Crippen LogP contribution < -0.4 is 0 Å². The van der Waals surface area contributed by atoms with E-state index in [1.807, 2.05) is 17.8 Å². The summed E-state index contributed by atoms with van der Waals surface area (Å²) in [6.45, 7) is 4.99. The van der Waals surface area contributed by atoms with Crippen LogP contribution in [0.4, 0.5) is 0 Å². The van der Waals surface area contributed by atoms with Crippen LogP contribution in [0.5, 0.6) is 0 Å². The van der Waals surface area contributed by atoms with Crippen LogP contribution in [-0.2, 0) is 6.54 Å². The highest BCUT2D eigenvalue weighted by atomic mass is 35.5. The Morgan fingerprint density at radius 3 is 2.94 bits per heavy atom. The van der Waals surface area contributed by atoms with E-state index in [0.29, 0.717) is 0 Å². The van der Waals surface area contributed by atoms with Gasteiger partial charge < -0.3 is 0 Å². The number of aryl methyl sites for hydroxylation is 2. The van der Waals surface area contributed by atoms with Gasteiger partial charge in [0.05, 0.1) is 11.9 Å². The van der Waals surface area contributed by atoms with Crippen molar-refractivity contribution in [1.29, 1.82) is 0 Å². The van der Waals surface area contributed by atoms with Gasteiger partial charge in [0, 0.05) is 24.5 Å². The third-order valence-electron chi connectivity index (χ3n) is 2.30. The molecule has 0 fully saturated rings. The first kappa shape index (κ1) is 11.1. The van der Waals surface area contributed by atoms with Gasteiger partial charge in [-0.05, 0) is 30.5 Å². The summed E-state index contributed by atoms with van der Waals surface area (Å²) in [4.78, 5) is 8.15. The van der Waals surface area contributed by atoms with Crippen molar-refractivity contribution in [3.05, 3.63) is 29.4 Å². The molecule has 0 saturated heterocycles. The van der Waals surface area contributed by atoms with Gasteiger partial charge >= 0.3 is 0 Å². The molecule has 0 bridgehead atoms. The van der Waals surface area contributed by atoms with Crippen LogP contribution in [0.3, 0.4) is 0 Å². The maximum absolute atomic E-state index is 5.79. The van der Waals surface area contributed by atoms with Gasteiger partial charge in [0.2, 0.25) is 5.28 Å². The molecule has 2 aromatic rings. The molecule has 2 rings (SSSR count). The first-order valence-corrected chi connectivity index (χ1v) is 5.60. The summed E-state index contributed by atoms with van der Waals surface area (Å²) >= 11 is 5.79. The van der Waals surface area contributed by atoms with Crippen molar-refractivity contribution in [3.63, 3.8) is 0 Å². The molecule has 0 aromatic carbocycles. The van der Waals surface area contributed by atoms with Gasteiger partial charge in [-0.2, -0.15) is 5.10 Å². The predicted molar refractivity (Wildman–Crippen MR) is 63.3 cm³/mol. The number of rotatable bonds is 3. The number of hydrogen-bond donors (Lipinski definition) is 0. The molecule has 0 saturated carbocycles. The second kappa shape index (κ2) is 4.61. The van der Waals surface area contributed by atoms with Crippen LogP contribution in [0.1, 0.15) is 18.9 Å². The van der Waals surface area contributed by atoms with E-state index in [1.54, 1.807) is 12.4 Å². The van der Waals surface area contributed by atoms with Gasteiger partial charge in [-0.15, -0.1) is 0 Å². The lowest BCUT2D eigenvalue weighted by molar-refractivity contribution is 0.603. The van der Waals surface area contributed by atoms with Crippen LogP contribution in [0.15, 0.2) is 18.6 Å². The van der Waals surface area contributed by atoms with Crippen molar-refractivity contribution in [1.82, 2.24) is 19.7 Å². The zero-order valence-corrected chi connectivity index (χ0v) is 10.1. The Morgan fingerprint density at radius 2 is 2.19 bits per heavy atom. The maximum Gasteiger partial charge on any atom is 0.222 e. The van der Waals surface area contributed by atoms with Gasteiger partial charge in [-0.3, -0.25) is 4.68 Å². The second-order valence-corrected chi connectivity index (χ2v) is 4.00. The Bertz CT molecular complexity index is 492. The molecular weight excluding hydrogens is 224 g/mol. The third kappa shape index (κ3) is 2.22. The zero-order chi connectivity index (χ0) is 11.5. The largest absolute Gasteiger partial charge is 0.272 e. The Labute approximate surface area is 99.3 Å². The van der Waals surface area contributed by atoms with Gasteiger partial charge in [0.1, 0.15) is 0 Å². The van der Waals surface area contributed by atoms with Crippen molar-refractivity contribution in [2.24, 2.45) is 0 Å². The van der Waals surface area contributed by atoms with Crippen molar-refractivity contribution in [2.45, 2.75) is 26.8 Å². The molecule has 0 atom stereocenters. The highest BCUT2D eigenvalue weighted by Crippen LogP contribution is 2.21. The molecule has 0 spiro atoms. The monoisotopic (exact) mass is 236 g/mol. The van der Waals surface area contributed by atoms with Crippen LogP contribution in [0, 0.1) is 6.92 Å². The molecule has 0 unspecified atom stereocenters. The van der Waals surface area contributed by atoms with E-state index in [1.165, 1.54) is 0 Å². The summed E-state index contributed by atoms with van der Waals surface area (Å²) in [7, 11) is 0. The molecule has 2 aromatic heterocycles. The zero-order valence-electron chi connectivity index (χ0n) is 9.31.